The first kappa shape index (κ1) is 19.0. The third-order valence-electron chi connectivity index (χ3n) is 4.63. The molecule has 3 rings (SSSR count). The minimum Gasteiger partial charge on any atom is -0.301 e. The van der Waals surface area contributed by atoms with E-state index >= 15 is 0 Å². The molecule has 2 heterocycles. The van der Waals surface area contributed by atoms with Crippen LogP contribution in [0.25, 0.3) is 11.3 Å². The van der Waals surface area contributed by atoms with Crippen LogP contribution in [0.1, 0.15) is 18.9 Å². The second kappa shape index (κ2) is 7.85. The number of nitrogens with one attached hydrogen (secondary N) is 1. The number of benzene rings is 1. The molecule has 0 bridgehead atoms. The normalized spacial score (nSPS) is 19.0. The van der Waals surface area contributed by atoms with Crippen molar-refractivity contribution in [3.05, 3.63) is 35.2 Å². The predicted octanol–water partition coefficient (Wildman–Crippen LogP) is 2.43. The Morgan fingerprint density at radius 1 is 1.35 bits per heavy atom. The predicted molar refractivity (Wildman–Crippen MR) is 105 cm³/mol. The van der Waals surface area contributed by atoms with Crippen molar-refractivity contribution in [3.63, 3.8) is 0 Å². The summed E-state index contributed by atoms with van der Waals surface area (Å²) in [6.07, 6.45) is 1.58. The number of sulfone groups is 1. The molecule has 0 radical (unpaired) electrons. The average molecular weight is 394 g/mol. The fourth-order valence-electron chi connectivity index (χ4n) is 3.01. The van der Waals surface area contributed by atoms with Crippen LogP contribution in [0.3, 0.4) is 0 Å². The lowest BCUT2D eigenvalue weighted by atomic mass is 10.1. The van der Waals surface area contributed by atoms with Gasteiger partial charge in [-0.15, -0.1) is 11.3 Å². The lowest BCUT2D eigenvalue weighted by molar-refractivity contribution is -0.117. The van der Waals surface area contributed by atoms with Crippen LogP contribution in [0.5, 0.6) is 0 Å². The van der Waals surface area contributed by atoms with Crippen molar-refractivity contribution in [2.24, 2.45) is 0 Å². The fourth-order valence-corrected chi connectivity index (χ4v) is 5.55. The number of aromatic nitrogens is 1. The van der Waals surface area contributed by atoms with Crippen molar-refractivity contribution in [1.29, 1.82) is 0 Å². The zero-order valence-corrected chi connectivity index (χ0v) is 16.6. The molecule has 1 saturated heterocycles. The van der Waals surface area contributed by atoms with Gasteiger partial charge in [0, 0.05) is 17.0 Å². The van der Waals surface area contributed by atoms with Gasteiger partial charge in [-0.1, -0.05) is 31.2 Å². The SMILES string of the molecule is CCc1ccc(-c2csc(NC(=O)CN(C)C3CCS(=O)(=O)C3)n2)cc1. The van der Waals surface area contributed by atoms with Crippen LogP contribution in [0, 0.1) is 0 Å². The summed E-state index contributed by atoms with van der Waals surface area (Å²) in [5.74, 6) is 0.154. The summed E-state index contributed by atoms with van der Waals surface area (Å²) >= 11 is 1.38. The van der Waals surface area contributed by atoms with Gasteiger partial charge in [0.15, 0.2) is 15.0 Å². The van der Waals surface area contributed by atoms with E-state index in [4.69, 9.17) is 0 Å². The van der Waals surface area contributed by atoms with Crippen molar-refractivity contribution < 1.29 is 13.2 Å². The van der Waals surface area contributed by atoms with Gasteiger partial charge in [-0.25, -0.2) is 13.4 Å². The summed E-state index contributed by atoms with van der Waals surface area (Å²) in [6.45, 7) is 2.27. The molecule has 1 aromatic carbocycles. The largest absolute Gasteiger partial charge is 0.301 e. The number of anilines is 1. The third-order valence-corrected chi connectivity index (χ3v) is 7.14. The Kier molecular flexibility index (Phi) is 5.74. The van der Waals surface area contributed by atoms with Crippen molar-refractivity contribution in [1.82, 2.24) is 9.88 Å². The first-order valence-corrected chi connectivity index (χ1v) is 11.3. The monoisotopic (exact) mass is 393 g/mol. The molecule has 1 aromatic heterocycles. The van der Waals surface area contributed by atoms with Gasteiger partial charge in [-0.3, -0.25) is 9.69 Å². The minimum atomic E-state index is -2.95. The zero-order chi connectivity index (χ0) is 18.7. The van der Waals surface area contributed by atoms with Crippen LogP contribution in [0.15, 0.2) is 29.6 Å². The van der Waals surface area contributed by atoms with E-state index in [0.717, 1.165) is 17.7 Å². The van der Waals surface area contributed by atoms with Crippen LogP contribution in [-0.2, 0) is 21.1 Å². The van der Waals surface area contributed by atoms with E-state index in [2.05, 4.69) is 29.4 Å². The topological polar surface area (TPSA) is 79.4 Å². The maximum atomic E-state index is 12.2. The van der Waals surface area contributed by atoms with E-state index in [1.807, 2.05) is 17.5 Å². The highest BCUT2D eigenvalue weighted by Gasteiger charge is 2.31. The van der Waals surface area contributed by atoms with Crippen LogP contribution in [0.2, 0.25) is 0 Å². The van der Waals surface area contributed by atoms with Crippen molar-refractivity contribution in [2.75, 3.05) is 30.4 Å². The van der Waals surface area contributed by atoms with E-state index in [-0.39, 0.29) is 30.0 Å². The Hall–Kier alpha value is -1.77. The summed E-state index contributed by atoms with van der Waals surface area (Å²) in [7, 11) is -1.17. The quantitative estimate of drug-likeness (QED) is 0.815. The number of likely N-dealkylation sites (N-methyl/N-ethyl adjacent to an activating group) is 1. The number of carbonyl (C=O) groups excluding carboxylic acids is 1. The lowest BCUT2D eigenvalue weighted by Crippen LogP contribution is -2.38. The van der Waals surface area contributed by atoms with Gasteiger partial charge >= 0.3 is 0 Å². The number of nitrogens with zero attached hydrogens (tertiary/aromatic N) is 2. The summed E-state index contributed by atoms with van der Waals surface area (Å²) in [6, 6.07) is 8.14. The van der Waals surface area contributed by atoms with Gasteiger partial charge in [0.1, 0.15) is 0 Å². The number of hydrogen-bond donors (Lipinski definition) is 1. The molecule has 1 amide bonds. The van der Waals surface area contributed by atoms with Gasteiger partial charge in [-0.2, -0.15) is 0 Å². The van der Waals surface area contributed by atoms with Gasteiger partial charge < -0.3 is 5.32 Å². The van der Waals surface area contributed by atoms with Gasteiger partial charge in [0.25, 0.3) is 0 Å². The van der Waals surface area contributed by atoms with E-state index < -0.39 is 9.84 Å². The highest BCUT2D eigenvalue weighted by molar-refractivity contribution is 7.91. The molecule has 1 atom stereocenters. The smallest absolute Gasteiger partial charge is 0.240 e. The van der Waals surface area contributed by atoms with E-state index in [1.165, 1.54) is 16.9 Å². The van der Waals surface area contributed by atoms with Crippen molar-refractivity contribution >= 4 is 32.2 Å². The lowest BCUT2D eigenvalue weighted by Gasteiger charge is -2.21. The molecule has 140 valence electrons. The Bertz CT molecular complexity index is 875. The maximum Gasteiger partial charge on any atom is 0.240 e. The van der Waals surface area contributed by atoms with E-state index in [1.54, 1.807) is 11.9 Å². The second-order valence-corrected chi connectivity index (χ2v) is 9.70. The maximum absolute atomic E-state index is 12.2. The first-order chi connectivity index (χ1) is 12.4. The fraction of sp³-hybridized carbons (Fsp3) is 0.444. The number of aryl methyl sites for hydroxylation is 1. The van der Waals surface area contributed by atoms with Crippen molar-refractivity contribution in [3.8, 4) is 11.3 Å². The molecule has 1 aliphatic heterocycles. The number of hydrogen-bond acceptors (Lipinski definition) is 6. The molecule has 26 heavy (non-hydrogen) atoms. The standard InChI is InChI=1S/C18H23N3O3S2/c1-3-13-4-6-14(7-5-13)16-11-25-18(19-16)20-17(22)10-21(2)15-8-9-26(23,24)12-15/h4-7,11,15H,3,8-10,12H2,1-2H3,(H,19,20,22). The van der Waals surface area contributed by atoms with E-state index in [9.17, 15) is 13.2 Å². The molecule has 1 N–H and O–H groups in total. The highest BCUT2D eigenvalue weighted by atomic mass is 32.2. The molecule has 1 unspecified atom stereocenters. The summed E-state index contributed by atoms with van der Waals surface area (Å²) in [4.78, 5) is 18.5. The molecule has 0 saturated carbocycles. The zero-order valence-electron chi connectivity index (χ0n) is 14.9. The first-order valence-electron chi connectivity index (χ1n) is 8.61. The molecule has 1 fully saturated rings. The van der Waals surface area contributed by atoms with Gasteiger partial charge in [0.05, 0.1) is 23.7 Å². The molecule has 6 nitrogen and oxygen atoms in total. The van der Waals surface area contributed by atoms with Crippen LogP contribution in [0.4, 0.5) is 5.13 Å². The molecular formula is C18H23N3O3S2. The molecule has 0 aliphatic carbocycles. The summed E-state index contributed by atoms with van der Waals surface area (Å²) in [5, 5.41) is 5.28. The Balaban J connectivity index is 1.57. The third kappa shape index (κ3) is 4.69. The number of amides is 1. The number of carbonyl (C=O) groups is 1. The molecule has 8 heteroatoms. The summed E-state index contributed by atoms with van der Waals surface area (Å²) < 4.78 is 23.1. The molecule has 2 aromatic rings. The Morgan fingerprint density at radius 2 is 2.08 bits per heavy atom. The van der Waals surface area contributed by atoms with E-state index in [0.29, 0.717) is 11.6 Å². The van der Waals surface area contributed by atoms with Gasteiger partial charge in [0.2, 0.25) is 5.91 Å². The second-order valence-electron chi connectivity index (χ2n) is 6.61. The van der Waals surface area contributed by atoms with Crippen LogP contribution >= 0.6 is 11.3 Å². The minimum absolute atomic E-state index is 0.0883. The average Bonchev–Trinajstić information content (AvgIpc) is 3.21. The number of rotatable bonds is 6. The highest BCUT2D eigenvalue weighted by Crippen LogP contribution is 2.25. The number of thiazole rings is 1. The van der Waals surface area contributed by atoms with Crippen LogP contribution in [-0.4, -0.2) is 55.3 Å². The van der Waals surface area contributed by atoms with Crippen molar-refractivity contribution in [2.45, 2.75) is 25.8 Å². The molecule has 0 spiro atoms. The molecule has 1 aliphatic rings. The Morgan fingerprint density at radius 3 is 2.69 bits per heavy atom. The van der Waals surface area contributed by atoms with Gasteiger partial charge in [-0.05, 0) is 25.5 Å². The molecular weight excluding hydrogens is 370 g/mol. The summed E-state index contributed by atoms with van der Waals surface area (Å²) in [5.41, 5.74) is 3.13. The Labute approximate surface area is 158 Å². The van der Waals surface area contributed by atoms with Crippen LogP contribution < -0.4 is 5.32 Å².